The van der Waals surface area contributed by atoms with Gasteiger partial charge in [0.15, 0.2) is 0 Å². The van der Waals surface area contributed by atoms with Crippen LogP contribution in [0.15, 0.2) is 10.7 Å². The molecule has 104 valence electrons. The molecule has 19 heavy (non-hydrogen) atoms. The number of likely N-dealkylation sites (tertiary alicyclic amines) is 1. The van der Waals surface area contributed by atoms with Crippen LogP contribution in [0.4, 0.5) is 0 Å². The largest absolute Gasteiger partial charge is 0.481 e. The number of aromatic nitrogens is 1. The zero-order chi connectivity index (χ0) is 13.8. The van der Waals surface area contributed by atoms with Crippen LogP contribution in [-0.2, 0) is 4.79 Å². The van der Waals surface area contributed by atoms with Crippen molar-refractivity contribution in [2.75, 3.05) is 13.1 Å². The quantitative estimate of drug-likeness (QED) is 0.896. The van der Waals surface area contributed by atoms with Crippen molar-refractivity contribution in [1.29, 1.82) is 0 Å². The Hall–Kier alpha value is -1.85. The summed E-state index contributed by atoms with van der Waals surface area (Å²) >= 11 is 0. The third-order valence-corrected chi connectivity index (χ3v) is 3.65. The summed E-state index contributed by atoms with van der Waals surface area (Å²) in [5.74, 6) is 0.149. The number of piperidine rings is 1. The summed E-state index contributed by atoms with van der Waals surface area (Å²) in [5, 5.41) is 12.3. The zero-order valence-electron chi connectivity index (χ0n) is 11.0. The molecule has 2 heterocycles. The lowest BCUT2D eigenvalue weighted by Gasteiger charge is -2.31. The molecule has 0 aliphatic carbocycles. The number of carboxylic acid groups (broad SMARTS) is 1. The number of rotatable bonds is 4. The molecule has 1 N–H and O–H groups in total. The highest BCUT2D eigenvalue weighted by Crippen LogP contribution is 2.23. The molecule has 0 aromatic carbocycles. The Morgan fingerprint density at radius 3 is 2.68 bits per heavy atom. The van der Waals surface area contributed by atoms with Crippen molar-refractivity contribution in [3.8, 4) is 0 Å². The molecule has 0 bridgehead atoms. The van der Waals surface area contributed by atoms with Crippen LogP contribution in [-0.4, -0.2) is 40.1 Å². The highest BCUT2D eigenvalue weighted by molar-refractivity contribution is 5.94. The minimum Gasteiger partial charge on any atom is -0.481 e. The lowest BCUT2D eigenvalue weighted by atomic mass is 9.92. The number of hydrogen-bond donors (Lipinski definition) is 1. The predicted molar refractivity (Wildman–Crippen MR) is 66.7 cm³/mol. The fourth-order valence-electron chi connectivity index (χ4n) is 2.43. The first kappa shape index (κ1) is 13.6. The van der Waals surface area contributed by atoms with Gasteiger partial charge in [0.2, 0.25) is 0 Å². The molecule has 1 fully saturated rings. The molecule has 1 saturated heterocycles. The second kappa shape index (κ2) is 5.86. The second-order valence-electron chi connectivity index (χ2n) is 4.96. The standard InChI is InChI=1S/C13H18N2O4/c1-9-11(8-14-19-9)13(18)15-6-4-10(5-7-15)2-3-12(16)17/h8,10H,2-7H2,1H3,(H,16,17). The Balaban J connectivity index is 1.85. The van der Waals surface area contributed by atoms with Gasteiger partial charge in [-0.15, -0.1) is 0 Å². The van der Waals surface area contributed by atoms with Crippen LogP contribution >= 0.6 is 0 Å². The highest BCUT2D eigenvalue weighted by Gasteiger charge is 2.25. The number of carbonyl (C=O) groups excluding carboxylic acids is 1. The fourth-order valence-corrected chi connectivity index (χ4v) is 2.43. The summed E-state index contributed by atoms with van der Waals surface area (Å²) in [6, 6.07) is 0. The lowest BCUT2D eigenvalue weighted by molar-refractivity contribution is -0.137. The molecule has 1 amide bonds. The van der Waals surface area contributed by atoms with E-state index in [-0.39, 0.29) is 12.3 Å². The van der Waals surface area contributed by atoms with E-state index in [1.165, 1.54) is 6.20 Å². The van der Waals surface area contributed by atoms with Crippen LogP contribution in [0.2, 0.25) is 0 Å². The molecule has 0 unspecified atom stereocenters. The van der Waals surface area contributed by atoms with Gasteiger partial charge in [-0.2, -0.15) is 0 Å². The van der Waals surface area contributed by atoms with Gasteiger partial charge in [0.1, 0.15) is 11.3 Å². The van der Waals surface area contributed by atoms with Crippen molar-refractivity contribution in [1.82, 2.24) is 10.1 Å². The number of hydrogen-bond acceptors (Lipinski definition) is 4. The molecular weight excluding hydrogens is 248 g/mol. The predicted octanol–water partition coefficient (Wildman–Crippen LogP) is 1.70. The molecule has 0 radical (unpaired) electrons. The number of aliphatic carboxylic acids is 1. The van der Waals surface area contributed by atoms with E-state index < -0.39 is 5.97 Å². The summed E-state index contributed by atoms with van der Waals surface area (Å²) in [6.45, 7) is 3.07. The summed E-state index contributed by atoms with van der Waals surface area (Å²) in [6.07, 6.45) is 4.09. The number of aryl methyl sites for hydroxylation is 1. The van der Waals surface area contributed by atoms with Gasteiger partial charge >= 0.3 is 5.97 Å². The number of amides is 1. The van der Waals surface area contributed by atoms with Crippen molar-refractivity contribution in [3.05, 3.63) is 17.5 Å². The molecule has 0 spiro atoms. The molecule has 0 atom stereocenters. The average molecular weight is 266 g/mol. The fraction of sp³-hybridized carbons (Fsp3) is 0.615. The topological polar surface area (TPSA) is 83.6 Å². The molecular formula is C13H18N2O4. The molecule has 1 aromatic rings. The van der Waals surface area contributed by atoms with Crippen LogP contribution in [0.25, 0.3) is 0 Å². The van der Waals surface area contributed by atoms with Crippen molar-refractivity contribution in [2.45, 2.75) is 32.6 Å². The minimum absolute atomic E-state index is 0.0459. The van der Waals surface area contributed by atoms with Gasteiger partial charge in [-0.1, -0.05) is 5.16 Å². The van der Waals surface area contributed by atoms with Crippen LogP contribution in [0, 0.1) is 12.8 Å². The lowest BCUT2D eigenvalue weighted by Crippen LogP contribution is -2.38. The van der Waals surface area contributed by atoms with E-state index >= 15 is 0 Å². The Bertz CT molecular complexity index is 461. The summed E-state index contributed by atoms with van der Waals surface area (Å²) in [5.41, 5.74) is 0.518. The van der Waals surface area contributed by atoms with Crippen LogP contribution in [0.5, 0.6) is 0 Å². The SMILES string of the molecule is Cc1oncc1C(=O)N1CCC(CCC(=O)O)CC1. The van der Waals surface area contributed by atoms with E-state index in [9.17, 15) is 9.59 Å². The third kappa shape index (κ3) is 3.33. The average Bonchev–Trinajstić information content (AvgIpc) is 2.82. The molecule has 0 saturated carbocycles. The van der Waals surface area contributed by atoms with Gasteiger partial charge in [0.25, 0.3) is 5.91 Å². The Labute approximate surface area is 111 Å². The first-order chi connectivity index (χ1) is 9.08. The van der Waals surface area contributed by atoms with E-state index in [1.807, 2.05) is 0 Å². The summed E-state index contributed by atoms with van der Waals surface area (Å²) in [4.78, 5) is 24.5. The van der Waals surface area contributed by atoms with E-state index in [4.69, 9.17) is 9.63 Å². The monoisotopic (exact) mass is 266 g/mol. The summed E-state index contributed by atoms with van der Waals surface area (Å²) in [7, 11) is 0. The van der Waals surface area contributed by atoms with E-state index in [0.29, 0.717) is 36.8 Å². The van der Waals surface area contributed by atoms with Crippen molar-refractivity contribution < 1.29 is 19.2 Å². The molecule has 1 aromatic heterocycles. The van der Waals surface area contributed by atoms with Gasteiger partial charge in [-0.05, 0) is 32.1 Å². The molecule has 2 rings (SSSR count). The Morgan fingerprint density at radius 2 is 2.16 bits per heavy atom. The van der Waals surface area contributed by atoms with Gasteiger partial charge in [0, 0.05) is 19.5 Å². The third-order valence-electron chi connectivity index (χ3n) is 3.65. The maximum atomic E-state index is 12.2. The number of nitrogens with zero attached hydrogens (tertiary/aromatic N) is 2. The van der Waals surface area contributed by atoms with E-state index in [0.717, 1.165) is 12.8 Å². The number of carbonyl (C=O) groups is 2. The smallest absolute Gasteiger partial charge is 0.303 e. The maximum Gasteiger partial charge on any atom is 0.303 e. The number of carboxylic acids is 1. The van der Waals surface area contributed by atoms with E-state index in [1.54, 1.807) is 11.8 Å². The van der Waals surface area contributed by atoms with Crippen molar-refractivity contribution >= 4 is 11.9 Å². The van der Waals surface area contributed by atoms with Crippen molar-refractivity contribution in [3.63, 3.8) is 0 Å². The van der Waals surface area contributed by atoms with Gasteiger partial charge < -0.3 is 14.5 Å². The normalized spacial score (nSPS) is 16.6. The minimum atomic E-state index is -0.751. The van der Waals surface area contributed by atoms with E-state index in [2.05, 4.69) is 5.16 Å². The van der Waals surface area contributed by atoms with Crippen LogP contribution in [0.1, 0.15) is 41.8 Å². The summed E-state index contributed by atoms with van der Waals surface area (Å²) < 4.78 is 4.90. The molecule has 1 aliphatic rings. The molecule has 6 heteroatoms. The van der Waals surface area contributed by atoms with Gasteiger partial charge in [-0.3, -0.25) is 9.59 Å². The maximum absolute atomic E-state index is 12.2. The van der Waals surface area contributed by atoms with Crippen molar-refractivity contribution in [2.24, 2.45) is 5.92 Å². The Morgan fingerprint density at radius 1 is 1.47 bits per heavy atom. The molecule has 6 nitrogen and oxygen atoms in total. The highest BCUT2D eigenvalue weighted by atomic mass is 16.5. The first-order valence-corrected chi connectivity index (χ1v) is 6.50. The van der Waals surface area contributed by atoms with Gasteiger partial charge in [-0.25, -0.2) is 0 Å². The van der Waals surface area contributed by atoms with Crippen LogP contribution < -0.4 is 0 Å². The van der Waals surface area contributed by atoms with Crippen LogP contribution in [0.3, 0.4) is 0 Å². The Kier molecular flexibility index (Phi) is 4.19. The zero-order valence-corrected chi connectivity index (χ0v) is 11.0. The molecule has 1 aliphatic heterocycles. The first-order valence-electron chi connectivity index (χ1n) is 6.50. The second-order valence-corrected chi connectivity index (χ2v) is 4.96. The van der Waals surface area contributed by atoms with Gasteiger partial charge in [0.05, 0.1) is 6.20 Å².